The van der Waals surface area contributed by atoms with Crippen LogP contribution in [-0.4, -0.2) is 8.07 Å². The van der Waals surface area contributed by atoms with E-state index in [1.54, 1.807) is 0 Å². The summed E-state index contributed by atoms with van der Waals surface area (Å²) in [5.74, 6) is 0. The fourth-order valence-electron chi connectivity index (χ4n) is 9.07. The van der Waals surface area contributed by atoms with Crippen LogP contribution in [0, 0.1) is 0 Å². The minimum atomic E-state index is -3.07. The van der Waals surface area contributed by atoms with Gasteiger partial charge in [-0.25, -0.2) is 0 Å². The SMILES string of the molecule is C1=CC([Si](c2ccccc2)(c2cccc(N(c3ccccc3)c3ccc4ccccc4c3)c2)c2ccccc2N(c2ccccc2)c2ccc3ccccc3c2)=CCC1. The van der Waals surface area contributed by atoms with Crippen LogP contribution >= 0.6 is 0 Å². The van der Waals surface area contributed by atoms with Crippen LogP contribution in [0.5, 0.6) is 0 Å². The summed E-state index contributed by atoms with van der Waals surface area (Å²) in [6.45, 7) is 0. The van der Waals surface area contributed by atoms with Gasteiger partial charge in [0.1, 0.15) is 0 Å². The van der Waals surface area contributed by atoms with Crippen LogP contribution in [0.1, 0.15) is 12.8 Å². The molecular weight excluding hydrogens is 729 g/mol. The quantitative estimate of drug-likeness (QED) is 0.101. The monoisotopic (exact) mass is 772 g/mol. The molecule has 1 aliphatic carbocycles. The van der Waals surface area contributed by atoms with E-state index in [0.717, 1.165) is 41.3 Å². The van der Waals surface area contributed by atoms with E-state index in [4.69, 9.17) is 0 Å². The number of para-hydroxylation sites is 3. The molecule has 9 aromatic carbocycles. The first kappa shape index (κ1) is 36.2. The van der Waals surface area contributed by atoms with E-state index in [9.17, 15) is 0 Å². The van der Waals surface area contributed by atoms with E-state index in [2.05, 4.69) is 252 Å². The topological polar surface area (TPSA) is 6.48 Å². The van der Waals surface area contributed by atoms with Gasteiger partial charge in [-0.3, -0.25) is 0 Å². The maximum Gasteiger partial charge on any atom is 0.181 e. The molecule has 0 bridgehead atoms. The largest absolute Gasteiger partial charge is 0.311 e. The van der Waals surface area contributed by atoms with Gasteiger partial charge in [0.15, 0.2) is 8.07 Å². The summed E-state index contributed by atoms with van der Waals surface area (Å²) in [7, 11) is -3.07. The van der Waals surface area contributed by atoms with Crippen molar-refractivity contribution in [1.29, 1.82) is 0 Å². The van der Waals surface area contributed by atoms with Gasteiger partial charge in [0.25, 0.3) is 0 Å². The Kier molecular flexibility index (Phi) is 9.79. The molecule has 0 saturated heterocycles. The molecule has 0 saturated carbocycles. The lowest BCUT2D eigenvalue weighted by Gasteiger charge is -2.40. The van der Waals surface area contributed by atoms with Gasteiger partial charge in [0, 0.05) is 34.1 Å². The summed E-state index contributed by atoms with van der Waals surface area (Å²) in [5, 5.41) is 10.3. The van der Waals surface area contributed by atoms with Gasteiger partial charge in [-0.05, 0) is 122 Å². The summed E-state index contributed by atoms with van der Waals surface area (Å²) >= 11 is 0. The molecule has 0 N–H and O–H groups in total. The zero-order valence-electron chi connectivity index (χ0n) is 32.9. The number of benzene rings is 9. The van der Waals surface area contributed by atoms with Crippen molar-refractivity contribution >= 4 is 79.3 Å². The van der Waals surface area contributed by atoms with Gasteiger partial charge in [-0.15, -0.1) is 0 Å². The van der Waals surface area contributed by atoms with E-state index in [1.807, 2.05) is 0 Å². The number of fused-ring (bicyclic) bond motifs is 2. The van der Waals surface area contributed by atoms with E-state index in [-0.39, 0.29) is 0 Å². The van der Waals surface area contributed by atoms with Gasteiger partial charge in [0.2, 0.25) is 0 Å². The predicted octanol–water partition coefficient (Wildman–Crippen LogP) is 13.2. The Morgan fingerprint density at radius 3 is 1.46 bits per heavy atom. The number of hydrogen-bond donors (Lipinski definition) is 0. The maximum absolute atomic E-state index is 3.07. The lowest BCUT2D eigenvalue weighted by molar-refractivity contribution is 1.03. The third-order valence-electron chi connectivity index (χ3n) is 11.7. The van der Waals surface area contributed by atoms with E-state index in [1.165, 1.54) is 48.0 Å². The Morgan fingerprint density at radius 1 is 0.339 bits per heavy atom. The first-order valence-corrected chi connectivity index (χ1v) is 22.6. The number of rotatable bonds is 10. The molecule has 59 heavy (non-hydrogen) atoms. The number of nitrogens with zero attached hydrogens (tertiary/aromatic N) is 2. The van der Waals surface area contributed by atoms with Crippen molar-refractivity contribution < 1.29 is 0 Å². The number of hydrogen-bond acceptors (Lipinski definition) is 2. The van der Waals surface area contributed by atoms with Crippen LogP contribution in [0.3, 0.4) is 0 Å². The highest BCUT2D eigenvalue weighted by molar-refractivity contribution is 7.17. The van der Waals surface area contributed by atoms with Crippen molar-refractivity contribution in [1.82, 2.24) is 0 Å². The molecule has 0 aliphatic heterocycles. The number of anilines is 6. The van der Waals surface area contributed by atoms with Crippen molar-refractivity contribution in [3.63, 3.8) is 0 Å². The maximum atomic E-state index is 2.53. The zero-order chi connectivity index (χ0) is 39.4. The molecule has 0 heterocycles. The fourth-order valence-corrected chi connectivity index (χ4v) is 14.2. The summed E-state index contributed by atoms with van der Waals surface area (Å²) < 4.78 is 0. The summed E-state index contributed by atoms with van der Waals surface area (Å²) in [4.78, 5) is 4.90. The lowest BCUT2D eigenvalue weighted by Crippen LogP contribution is -2.69. The van der Waals surface area contributed by atoms with Gasteiger partial charge in [0.05, 0.1) is 0 Å². The molecule has 0 amide bonds. The third kappa shape index (κ3) is 6.76. The molecule has 1 atom stereocenters. The Hall–Kier alpha value is -7.20. The standard InChI is InChI=1S/C56H44N2Si/c1-5-24-47(25-6-1)57(50-38-36-43-20-13-15-22-45(43)40-50)49-28-19-33-54(42-49)59(52-29-9-3-10-30-52,53-31-11-4-12-32-53)56-35-18-17-34-55(56)58(48-26-7-2-8-27-48)51-39-37-44-21-14-16-23-46(44)41-51/h1-3,5-11,13-42H,4,12H2. The van der Waals surface area contributed by atoms with Crippen LogP contribution < -0.4 is 25.4 Å². The van der Waals surface area contributed by atoms with Crippen molar-refractivity contribution in [3.05, 3.63) is 248 Å². The second-order valence-electron chi connectivity index (χ2n) is 15.2. The van der Waals surface area contributed by atoms with Crippen molar-refractivity contribution in [2.75, 3.05) is 9.80 Å². The average molecular weight is 773 g/mol. The average Bonchev–Trinajstić information content (AvgIpc) is 3.31. The van der Waals surface area contributed by atoms with Crippen molar-refractivity contribution in [2.24, 2.45) is 0 Å². The Morgan fingerprint density at radius 2 is 0.831 bits per heavy atom. The Bertz CT molecular complexity index is 2960. The fraction of sp³-hybridized carbons (Fsp3) is 0.0357. The summed E-state index contributed by atoms with van der Waals surface area (Å²) in [6.07, 6.45) is 9.41. The zero-order valence-corrected chi connectivity index (χ0v) is 33.9. The van der Waals surface area contributed by atoms with Crippen LogP contribution in [0.2, 0.25) is 0 Å². The summed E-state index contributed by atoms with van der Waals surface area (Å²) in [6, 6.07) is 82.6. The van der Waals surface area contributed by atoms with Gasteiger partial charge < -0.3 is 9.80 Å². The molecule has 1 aliphatic rings. The Balaban J connectivity index is 1.26. The third-order valence-corrected chi connectivity index (χ3v) is 16.6. The molecule has 0 fully saturated rings. The van der Waals surface area contributed by atoms with Gasteiger partial charge in [-0.1, -0.05) is 176 Å². The van der Waals surface area contributed by atoms with Crippen LogP contribution in [-0.2, 0) is 0 Å². The molecule has 282 valence electrons. The highest BCUT2D eigenvalue weighted by atomic mass is 28.3. The molecule has 1 unspecified atom stereocenters. The van der Waals surface area contributed by atoms with Crippen LogP contribution in [0.15, 0.2) is 248 Å². The van der Waals surface area contributed by atoms with Crippen molar-refractivity contribution in [2.45, 2.75) is 12.8 Å². The molecular formula is C56H44N2Si. The molecule has 0 radical (unpaired) electrons. The minimum Gasteiger partial charge on any atom is -0.311 e. The molecule has 3 heteroatoms. The molecule has 0 aromatic heterocycles. The van der Waals surface area contributed by atoms with Crippen LogP contribution in [0.4, 0.5) is 34.1 Å². The normalized spacial score (nSPS) is 13.5. The second kappa shape index (κ2) is 16.0. The van der Waals surface area contributed by atoms with Crippen LogP contribution in [0.25, 0.3) is 21.5 Å². The van der Waals surface area contributed by atoms with Crippen molar-refractivity contribution in [3.8, 4) is 0 Å². The highest BCUT2D eigenvalue weighted by Crippen LogP contribution is 2.39. The van der Waals surface area contributed by atoms with Gasteiger partial charge in [-0.2, -0.15) is 0 Å². The molecule has 9 aromatic rings. The lowest BCUT2D eigenvalue weighted by atomic mass is 10.1. The molecule has 10 rings (SSSR count). The molecule has 0 spiro atoms. The van der Waals surface area contributed by atoms with Gasteiger partial charge >= 0.3 is 0 Å². The van der Waals surface area contributed by atoms with E-state index < -0.39 is 8.07 Å². The minimum absolute atomic E-state index is 1.01. The molecule has 2 nitrogen and oxygen atoms in total. The highest BCUT2D eigenvalue weighted by Gasteiger charge is 2.45. The first-order valence-electron chi connectivity index (χ1n) is 20.6. The number of allylic oxidation sites excluding steroid dienone is 4. The summed E-state index contributed by atoms with van der Waals surface area (Å²) in [5.41, 5.74) is 6.82. The second-order valence-corrected chi connectivity index (χ2v) is 19.0. The smallest absolute Gasteiger partial charge is 0.181 e. The first-order chi connectivity index (χ1) is 29.3. The predicted molar refractivity (Wildman–Crippen MR) is 255 cm³/mol. The Labute approximate surface area is 348 Å². The van der Waals surface area contributed by atoms with E-state index in [0.29, 0.717) is 0 Å². The van der Waals surface area contributed by atoms with E-state index >= 15 is 0 Å².